The van der Waals surface area contributed by atoms with Gasteiger partial charge >= 0.3 is 5.97 Å². The molecular weight excluding hydrogens is 330 g/mol. The molecule has 26 heavy (non-hydrogen) atoms. The lowest BCUT2D eigenvalue weighted by molar-refractivity contribution is -0.141. The first-order valence-corrected chi connectivity index (χ1v) is 8.88. The lowest BCUT2D eigenvalue weighted by atomic mass is 9.89. The number of hydrogen-bond donors (Lipinski definition) is 1. The fourth-order valence-electron chi connectivity index (χ4n) is 3.34. The van der Waals surface area contributed by atoms with Gasteiger partial charge in [-0.25, -0.2) is 0 Å². The third-order valence-electron chi connectivity index (χ3n) is 4.71. The minimum absolute atomic E-state index is 0.0142. The summed E-state index contributed by atoms with van der Waals surface area (Å²) in [4.78, 5) is 25.9. The number of carbonyl (C=O) groups excluding carboxylic acids is 1. The lowest BCUT2D eigenvalue weighted by Crippen LogP contribution is -2.40. The van der Waals surface area contributed by atoms with Crippen LogP contribution >= 0.6 is 0 Å². The first kappa shape index (κ1) is 18.0. The number of carboxylic acid groups (broad SMARTS) is 1. The molecule has 1 N–H and O–H groups in total. The van der Waals surface area contributed by atoms with Crippen LogP contribution in [-0.4, -0.2) is 35.0 Å². The van der Waals surface area contributed by atoms with Gasteiger partial charge in [0, 0.05) is 19.5 Å². The molecule has 1 atom stereocenters. The first-order chi connectivity index (χ1) is 12.6. The number of aliphatic carboxylic acids is 1. The van der Waals surface area contributed by atoms with Crippen molar-refractivity contribution >= 4 is 11.9 Å². The zero-order valence-electron chi connectivity index (χ0n) is 14.9. The van der Waals surface area contributed by atoms with Gasteiger partial charge in [0.2, 0.25) is 5.91 Å². The SMILES string of the molecule is CCOc1ccc(CCC(=O)N2Cc3ccccc3C(C(=O)O)C2)cc1. The maximum Gasteiger partial charge on any atom is 0.312 e. The topological polar surface area (TPSA) is 66.8 Å². The van der Waals surface area contributed by atoms with Crippen molar-refractivity contribution in [2.45, 2.75) is 32.2 Å². The normalized spacial score (nSPS) is 16.0. The van der Waals surface area contributed by atoms with E-state index in [1.54, 1.807) is 4.90 Å². The summed E-state index contributed by atoms with van der Waals surface area (Å²) >= 11 is 0. The monoisotopic (exact) mass is 353 g/mol. The minimum Gasteiger partial charge on any atom is -0.494 e. The van der Waals surface area contributed by atoms with Crippen LogP contribution in [0.3, 0.4) is 0 Å². The van der Waals surface area contributed by atoms with Crippen LogP contribution in [0.4, 0.5) is 0 Å². The number of ether oxygens (including phenoxy) is 1. The minimum atomic E-state index is -0.888. The van der Waals surface area contributed by atoms with Crippen LogP contribution in [0.2, 0.25) is 0 Å². The number of amides is 1. The maximum absolute atomic E-state index is 12.6. The van der Waals surface area contributed by atoms with Crippen molar-refractivity contribution in [2.24, 2.45) is 0 Å². The molecule has 0 saturated carbocycles. The highest BCUT2D eigenvalue weighted by atomic mass is 16.5. The summed E-state index contributed by atoms with van der Waals surface area (Å²) in [6.07, 6.45) is 0.990. The lowest BCUT2D eigenvalue weighted by Gasteiger charge is -2.33. The van der Waals surface area contributed by atoms with Gasteiger partial charge in [0.25, 0.3) is 0 Å². The Hall–Kier alpha value is -2.82. The molecule has 2 aromatic carbocycles. The van der Waals surface area contributed by atoms with Crippen LogP contribution in [0.1, 0.15) is 36.0 Å². The summed E-state index contributed by atoms with van der Waals surface area (Å²) in [5, 5.41) is 9.51. The van der Waals surface area contributed by atoms with E-state index >= 15 is 0 Å². The number of benzene rings is 2. The maximum atomic E-state index is 12.6. The van der Waals surface area contributed by atoms with E-state index in [0.29, 0.717) is 26.0 Å². The number of carboxylic acids is 1. The third-order valence-corrected chi connectivity index (χ3v) is 4.71. The summed E-state index contributed by atoms with van der Waals surface area (Å²) in [5.74, 6) is -0.741. The van der Waals surface area contributed by atoms with Crippen molar-refractivity contribution in [3.05, 3.63) is 65.2 Å². The molecule has 0 aromatic heterocycles. The molecule has 0 bridgehead atoms. The Labute approximate surface area is 153 Å². The molecule has 3 rings (SSSR count). The summed E-state index contributed by atoms with van der Waals surface area (Å²) in [7, 11) is 0. The number of nitrogens with zero attached hydrogens (tertiary/aromatic N) is 1. The van der Waals surface area contributed by atoms with Crippen molar-refractivity contribution in [2.75, 3.05) is 13.2 Å². The Morgan fingerprint density at radius 1 is 1.15 bits per heavy atom. The second-order valence-corrected chi connectivity index (χ2v) is 6.44. The number of rotatable bonds is 6. The Balaban J connectivity index is 1.64. The smallest absolute Gasteiger partial charge is 0.312 e. The van der Waals surface area contributed by atoms with Crippen LogP contribution in [0.15, 0.2) is 48.5 Å². The molecule has 0 radical (unpaired) electrons. The first-order valence-electron chi connectivity index (χ1n) is 8.88. The summed E-state index contributed by atoms with van der Waals surface area (Å²) in [5.41, 5.74) is 2.80. The molecule has 1 aliphatic rings. The number of hydrogen-bond acceptors (Lipinski definition) is 3. The van der Waals surface area contributed by atoms with E-state index in [-0.39, 0.29) is 12.5 Å². The third kappa shape index (κ3) is 4.04. The van der Waals surface area contributed by atoms with Crippen LogP contribution in [0.25, 0.3) is 0 Å². The number of aryl methyl sites for hydroxylation is 1. The van der Waals surface area contributed by atoms with E-state index in [1.165, 1.54) is 0 Å². The van der Waals surface area contributed by atoms with Gasteiger partial charge in [-0.15, -0.1) is 0 Å². The predicted octanol–water partition coefficient (Wildman–Crippen LogP) is 3.23. The molecule has 5 nitrogen and oxygen atoms in total. The molecule has 1 unspecified atom stereocenters. The molecule has 1 amide bonds. The molecule has 0 spiro atoms. The highest BCUT2D eigenvalue weighted by molar-refractivity contribution is 5.81. The van der Waals surface area contributed by atoms with Gasteiger partial charge in [-0.1, -0.05) is 36.4 Å². The van der Waals surface area contributed by atoms with Crippen LogP contribution in [-0.2, 0) is 22.6 Å². The van der Waals surface area contributed by atoms with Crippen molar-refractivity contribution < 1.29 is 19.4 Å². The number of fused-ring (bicyclic) bond motifs is 1. The Kier molecular flexibility index (Phi) is 5.56. The van der Waals surface area contributed by atoms with E-state index in [9.17, 15) is 14.7 Å². The van der Waals surface area contributed by atoms with Gasteiger partial charge in [0.1, 0.15) is 5.75 Å². The van der Waals surface area contributed by atoms with E-state index in [4.69, 9.17) is 4.74 Å². The average molecular weight is 353 g/mol. The van der Waals surface area contributed by atoms with Gasteiger partial charge < -0.3 is 14.7 Å². The molecular formula is C21H23NO4. The molecule has 1 aliphatic heterocycles. The van der Waals surface area contributed by atoms with Crippen molar-refractivity contribution in [3.63, 3.8) is 0 Å². The van der Waals surface area contributed by atoms with Crippen LogP contribution in [0.5, 0.6) is 5.75 Å². The van der Waals surface area contributed by atoms with Gasteiger partial charge in [-0.3, -0.25) is 9.59 Å². The van der Waals surface area contributed by atoms with Gasteiger partial charge in [0.15, 0.2) is 0 Å². The summed E-state index contributed by atoms with van der Waals surface area (Å²) in [6, 6.07) is 15.2. The van der Waals surface area contributed by atoms with E-state index < -0.39 is 11.9 Å². The molecule has 1 heterocycles. The van der Waals surface area contributed by atoms with Crippen molar-refractivity contribution in [3.8, 4) is 5.75 Å². The number of carbonyl (C=O) groups is 2. The predicted molar refractivity (Wildman–Crippen MR) is 98.2 cm³/mol. The zero-order valence-corrected chi connectivity index (χ0v) is 14.9. The summed E-state index contributed by atoms with van der Waals surface area (Å²) in [6.45, 7) is 3.27. The van der Waals surface area contributed by atoms with Gasteiger partial charge in [-0.05, 0) is 42.2 Å². The second kappa shape index (κ2) is 8.04. The van der Waals surface area contributed by atoms with Gasteiger partial charge in [-0.2, -0.15) is 0 Å². The summed E-state index contributed by atoms with van der Waals surface area (Å²) < 4.78 is 5.42. The van der Waals surface area contributed by atoms with Crippen molar-refractivity contribution in [1.29, 1.82) is 0 Å². The Bertz CT molecular complexity index is 785. The standard InChI is InChI=1S/C21H23NO4/c1-2-26-17-10-7-15(8-11-17)9-12-20(23)22-13-16-5-3-4-6-18(16)19(14-22)21(24)25/h3-8,10-11,19H,2,9,12-14H2,1H3,(H,24,25). The Morgan fingerprint density at radius 2 is 1.88 bits per heavy atom. The molecule has 5 heteroatoms. The van der Waals surface area contributed by atoms with E-state index in [0.717, 1.165) is 22.4 Å². The highest BCUT2D eigenvalue weighted by Crippen LogP contribution is 2.29. The molecule has 0 saturated heterocycles. The van der Waals surface area contributed by atoms with Gasteiger partial charge in [0.05, 0.1) is 12.5 Å². The molecule has 0 fully saturated rings. The highest BCUT2D eigenvalue weighted by Gasteiger charge is 2.32. The van der Waals surface area contributed by atoms with E-state index in [2.05, 4.69) is 0 Å². The van der Waals surface area contributed by atoms with Crippen LogP contribution in [0, 0.1) is 0 Å². The largest absolute Gasteiger partial charge is 0.494 e. The fraction of sp³-hybridized carbons (Fsp3) is 0.333. The quantitative estimate of drug-likeness (QED) is 0.866. The van der Waals surface area contributed by atoms with E-state index in [1.807, 2.05) is 55.5 Å². The second-order valence-electron chi connectivity index (χ2n) is 6.44. The average Bonchev–Trinajstić information content (AvgIpc) is 2.66. The molecule has 136 valence electrons. The Morgan fingerprint density at radius 3 is 2.58 bits per heavy atom. The molecule has 2 aromatic rings. The zero-order chi connectivity index (χ0) is 18.5. The van der Waals surface area contributed by atoms with Crippen LogP contribution < -0.4 is 4.74 Å². The van der Waals surface area contributed by atoms with Crippen molar-refractivity contribution in [1.82, 2.24) is 4.90 Å². The fourth-order valence-corrected chi connectivity index (χ4v) is 3.34. The molecule has 0 aliphatic carbocycles.